The third-order valence-corrected chi connectivity index (χ3v) is 3.49. The van der Waals surface area contributed by atoms with Crippen molar-refractivity contribution in [2.75, 3.05) is 20.9 Å². The van der Waals surface area contributed by atoms with Crippen LogP contribution >= 0.6 is 0 Å². The van der Waals surface area contributed by atoms with Gasteiger partial charge in [0.2, 0.25) is 12.7 Å². The fourth-order valence-corrected chi connectivity index (χ4v) is 2.37. The number of carbonyl (C=O) groups is 1. The average molecular weight is 233 g/mol. The number of ether oxygens (including phenoxy) is 2. The number of benzene rings is 1. The topological polar surface area (TPSA) is 38.8 Å². The summed E-state index contributed by atoms with van der Waals surface area (Å²) in [6.45, 7) is 0.271. The van der Waals surface area contributed by atoms with Crippen molar-refractivity contribution in [3.05, 3.63) is 23.8 Å². The van der Waals surface area contributed by atoms with Crippen molar-refractivity contribution in [3.8, 4) is 11.5 Å². The van der Waals surface area contributed by atoms with Gasteiger partial charge in [-0.2, -0.15) is 0 Å². The third-order valence-electron chi connectivity index (χ3n) is 3.49. The molecule has 1 aromatic rings. The second-order valence-electron chi connectivity index (χ2n) is 4.85. The number of hydrogen-bond acceptors (Lipinski definition) is 3. The highest BCUT2D eigenvalue weighted by Crippen LogP contribution is 2.51. The zero-order valence-corrected chi connectivity index (χ0v) is 10.0. The van der Waals surface area contributed by atoms with E-state index < -0.39 is 0 Å². The largest absolute Gasteiger partial charge is 0.454 e. The van der Waals surface area contributed by atoms with Gasteiger partial charge in [-0.25, -0.2) is 0 Å². The van der Waals surface area contributed by atoms with E-state index in [1.807, 2.05) is 18.2 Å². The highest BCUT2D eigenvalue weighted by molar-refractivity contribution is 5.91. The van der Waals surface area contributed by atoms with E-state index in [4.69, 9.17) is 9.47 Å². The molecule has 0 spiro atoms. The predicted molar refractivity (Wildman–Crippen MR) is 62.2 cm³/mol. The summed E-state index contributed by atoms with van der Waals surface area (Å²) in [6, 6.07) is 5.80. The van der Waals surface area contributed by atoms with Gasteiger partial charge in [0.1, 0.15) is 0 Å². The fraction of sp³-hybridized carbons (Fsp3) is 0.462. The van der Waals surface area contributed by atoms with Crippen LogP contribution in [0.3, 0.4) is 0 Å². The first-order valence-corrected chi connectivity index (χ1v) is 5.75. The molecule has 1 heterocycles. The normalized spacial score (nSPS) is 18.9. The van der Waals surface area contributed by atoms with Crippen LogP contribution in [0.2, 0.25) is 0 Å². The van der Waals surface area contributed by atoms with E-state index >= 15 is 0 Å². The summed E-state index contributed by atoms with van der Waals surface area (Å²) in [5, 5.41) is 0. The number of nitrogens with zero attached hydrogens (tertiary/aromatic N) is 1. The lowest BCUT2D eigenvalue weighted by Gasteiger charge is -2.20. The van der Waals surface area contributed by atoms with E-state index in [1.165, 1.54) is 0 Å². The zero-order chi connectivity index (χ0) is 12.0. The summed E-state index contributed by atoms with van der Waals surface area (Å²) in [5.41, 5.74) is 0.727. The Hall–Kier alpha value is -1.71. The van der Waals surface area contributed by atoms with Crippen LogP contribution in [-0.2, 0) is 10.2 Å². The minimum absolute atomic E-state index is 0.177. The molecular formula is C13H15NO3. The van der Waals surface area contributed by atoms with E-state index in [0.717, 1.165) is 29.9 Å². The molecule has 2 aliphatic rings. The molecule has 4 nitrogen and oxygen atoms in total. The molecule has 1 aromatic carbocycles. The Kier molecular flexibility index (Phi) is 2.08. The van der Waals surface area contributed by atoms with Gasteiger partial charge in [0, 0.05) is 14.1 Å². The molecule has 3 rings (SSSR count). The van der Waals surface area contributed by atoms with E-state index in [2.05, 4.69) is 0 Å². The van der Waals surface area contributed by atoms with Gasteiger partial charge >= 0.3 is 0 Å². The quantitative estimate of drug-likeness (QED) is 0.777. The van der Waals surface area contributed by atoms with Crippen molar-refractivity contribution in [1.29, 1.82) is 0 Å². The fourth-order valence-electron chi connectivity index (χ4n) is 2.37. The zero-order valence-electron chi connectivity index (χ0n) is 10.0. The number of likely N-dealkylation sites (N-methyl/N-ethyl adjacent to an activating group) is 1. The van der Waals surface area contributed by atoms with Gasteiger partial charge in [-0.15, -0.1) is 0 Å². The first kappa shape index (κ1) is 10.4. The first-order valence-electron chi connectivity index (χ1n) is 5.75. The Morgan fingerprint density at radius 3 is 2.59 bits per heavy atom. The molecule has 0 N–H and O–H groups in total. The lowest BCUT2D eigenvalue weighted by atomic mass is 9.94. The van der Waals surface area contributed by atoms with Crippen LogP contribution < -0.4 is 9.47 Å². The monoisotopic (exact) mass is 233 g/mol. The number of rotatable bonds is 2. The molecule has 1 amide bonds. The summed E-state index contributed by atoms with van der Waals surface area (Å²) in [7, 11) is 3.60. The Morgan fingerprint density at radius 1 is 1.24 bits per heavy atom. The van der Waals surface area contributed by atoms with Crippen LogP contribution in [0, 0.1) is 0 Å². The Balaban J connectivity index is 1.97. The maximum absolute atomic E-state index is 12.2. The Bertz CT molecular complexity index is 478. The van der Waals surface area contributed by atoms with Gasteiger partial charge < -0.3 is 14.4 Å². The summed E-state index contributed by atoms with van der Waals surface area (Å²) in [4.78, 5) is 13.8. The maximum atomic E-state index is 12.2. The van der Waals surface area contributed by atoms with Gasteiger partial charge in [-0.05, 0) is 30.5 Å². The van der Waals surface area contributed by atoms with Crippen molar-refractivity contribution in [3.63, 3.8) is 0 Å². The van der Waals surface area contributed by atoms with Crippen molar-refractivity contribution in [2.45, 2.75) is 18.3 Å². The van der Waals surface area contributed by atoms with Gasteiger partial charge in [0.25, 0.3) is 0 Å². The number of hydrogen-bond donors (Lipinski definition) is 0. The summed E-state index contributed by atoms with van der Waals surface area (Å²) < 4.78 is 10.6. The van der Waals surface area contributed by atoms with E-state index in [9.17, 15) is 4.79 Å². The molecule has 0 unspecified atom stereocenters. The molecule has 0 bridgehead atoms. The SMILES string of the molecule is CN(C)C(=O)C1(c2ccc3c(c2)OCO3)CC1. The molecule has 1 fully saturated rings. The molecule has 0 aromatic heterocycles. The van der Waals surface area contributed by atoms with Gasteiger partial charge in [0.15, 0.2) is 11.5 Å². The second-order valence-corrected chi connectivity index (χ2v) is 4.85. The van der Waals surface area contributed by atoms with Crippen molar-refractivity contribution < 1.29 is 14.3 Å². The Morgan fingerprint density at radius 2 is 1.94 bits per heavy atom. The number of fused-ring (bicyclic) bond motifs is 1. The summed E-state index contributed by atoms with van der Waals surface area (Å²) in [6.07, 6.45) is 1.84. The summed E-state index contributed by atoms with van der Waals surface area (Å²) >= 11 is 0. The van der Waals surface area contributed by atoms with Crippen LogP contribution in [0.4, 0.5) is 0 Å². The van der Waals surface area contributed by atoms with Crippen molar-refractivity contribution >= 4 is 5.91 Å². The van der Waals surface area contributed by atoms with E-state index in [1.54, 1.807) is 19.0 Å². The molecule has 1 saturated carbocycles. The third kappa shape index (κ3) is 1.47. The van der Waals surface area contributed by atoms with Crippen LogP contribution in [0.15, 0.2) is 18.2 Å². The van der Waals surface area contributed by atoms with Gasteiger partial charge in [-0.1, -0.05) is 6.07 Å². The minimum Gasteiger partial charge on any atom is -0.454 e. The molecule has 1 aliphatic carbocycles. The highest BCUT2D eigenvalue weighted by atomic mass is 16.7. The molecule has 0 atom stereocenters. The van der Waals surface area contributed by atoms with E-state index in [0.29, 0.717) is 0 Å². The van der Waals surface area contributed by atoms with Crippen LogP contribution in [0.25, 0.3) is 0 Å². The summed E-state index contributed by atoms with van der Waals surface area (Å²) in [5.74, 6) is 1.69. The van der Waals surface area contributed by atoms with Crippen LogP contribution in [-0.4, -0.2) is 31.7 Å². The molecule has 4 heteroatoms. The van der Waals surface area contributed by atoms with Crippen molar-refractivity contribution in [2.24, 2.45) is 0 Å². The van der Waals surface area contributed by atoms with Gasteiger partial charge in [-0.3, -0.25) is 4.79 Å². The average Bonchev–Trinajstić information content (AvgIpc) is 2.99. The predicted octanol–water partition coefficient (Wildman–Crippen LogP) is 1.54. The minimum atomic E-state index is -0.315. The number of carbonyl (C=O) groups excluding carboxylic acids is 1. The number of amides is 1. The second kappa shape index (κ2) is 3.39. The van der Waals surface area contributed by atoms with E-state index in [-0.39, 0.29) is 18.1 Å². The standard InChI is InChI=1S/C13H15NO3/c1-14(2)12(15)13(5-6-13)9-3-4-10-11(7-9)17-8-16-10/h3-4,7H,5-6,8H2,1-2H3. The molecular weight excluding hydrogens is 218 g/mol. The molecule has 0 saturated heterocycles. The van der Waals surface area contributed by atoms with Crippen molar-refractivity contribution in [1.82, 2.24) is 4.90 Å². The highest BCUT2D eigenvalue weighted by Gasteiger charge is 2.52. The van der Waals surface area contributed by atoms with Crippen LogP contribution in [0.1, 0.15) is 18.4 Å². The van der Waals surface area contributed by atoms with Crippen LogP contribution in [0.5, 0.6) is 11.5 Å². The molecule has 90 valence electrons. The Labute approximate surface area is 100 Å². The molecule has 0 radical (unpaired) electrons. The molecule has 17 heavy (non-hydrogen) atoms. The lowest BCUT2D eigenvalue weighted by Crippen LogP contribution is -2.33. The molecule has 1 aliphatic heterocycles. The smallest absolute Gasteiger partial charge is 0.232 e. The lowest BCUT2D eigenvalue weighted by molar-refractivity contribution is -0.131. The van der Waals surface area contributed by atoms with Gasteiger partial charge in [0.05, 0.1) is 5.41 Å². The maximum Gasteiger partial charge on any atom is 0.232 e. The first-order chi connectivity index (χ1) is 8.13.